The van der Waals surface area contributed by atoms with E-state index in [1.807, 2.05) is 70.2 Å². The molecule has 0 saturated heterocycles. The third-order valence-electron chi connectivity index (χ3n) is 6.75. The minimum atomic E-state index is -0.951. The molecule has 0 radical (unpaired) electrons. The topological polar surface area (TPSA) is 87.7 Å². The van der Waals surface area contributed by atoms with Crippen molar-refractivity contribution in [3.05, 3.63) is 77.4 Å². The van der Waals surface area contributed by atoms with Crippen LogP contribution in [0.1, 0.15) is 76.3 Å². The zero-order chi connectivity index (χ0) is 29.3. The average molecular weight is 536 g/mol. The molecule has 0 aliphatic heterocycles. The fraction of sp³-hybridized carbons (Fsp3) is 0.469. The molecule has 0 aliphatic carbocycles. The van der Waals surface area contributed by atoms with Gasteiger partial charge in [-0.05, 0) is 69.2 Å². The third kappa shape index (κ3) is 8.70. The Morgan fingerprint density at radius 3 is 2.10 bits per heavy atom. The Morgan fingerprint density at radius 1 is 1.03 bits per heavy atom. The molecule has 0 aliphatic rings. The Kier molecular flexibility index (Phi) is 11.3. The number of carbonyl (C=O) groups excluding carboxylic acids is 3. The number of carbonyl (C=O) groups is 3. The Morgan fingerprint density at radius 2 is 1.62 bits per heavy atom. The predicted molar refractivity (Wildman–Crippen MR) is 158 cm³/mol. The van der Waals surface area contributed by atoms with E-state index in [9.17, 15) is 14.4 Å². The van der Waals surface area contributed by atoms with Crippen molar-refractivity contribution in [3.63, 3.8) is 0 Å². The summed E-state index contributed by atoms with van der Waals surface area (Å²) in [6, 6.07) is 11.7. The van der Waals surface area contributed by atoms with Gasteiger partial charge in [-0.2, -0.15) is 0 Å². The molecule has 2 N–H and O–H groups in total. The first-order valence-corrected chi connectivity index (χ1v) is 13.7. The van der Waals surface area contributed by atoms with Gasteiger partial charge in [0.05, 0.1) is 0 Å². The Balaban J connectivity index is 2.57. The molecule has 3 amide bonds. The van der Waals surface area contributed by atoms with Gasteiger partial charge in [-0.3, -0.25) is 9.59 Å². The van der Waals surface area contributed by atoms with Crippen LogP contribution in [-0.4, -0.2) is 41.0 Å². The Bertz CT molecular complexity index is 1130. The van der Waals surface area contributed by atoms with Crippen LogP contribution in [0.5, 0.6) is 0 Å². The van der Waals surface area contributed by atoms with E-state index in [1.54, 1.807) is 26.8 Å². The van der Waals surface area contributed by atoms with Gasteiger partial charge in [0.25, 0.3) is 5.91 Å². The minimum Gasteiger partial charge on any atom is -0.444 e. The van der Waals surface area contributed by atoms with Crippen molar-refractivity contribution in [3.8, 4) is 0 Å². The number of ether oxygens (including phenoxy) is 1. The molecule has 212 valence electrons. The lowest BCUT2D eigenvalue weighted by atomic mass is 9.95. The van der Waals surface area contributed by atoms with Crippen LogP contribution in [-0.2, 0) is 20.7 Å². The van der Waals surface area contributed by atoms with E-state index in [4.69, 9.17) is 4.74 Å². The molecular formula is C32H45N3O4. The number of hydrogen-bond acceptors (Lipinski definition) is 4. The summed E-state index contributed by atoms with van der Waals surface area (Å²) in [6.45, 7) is 19.1. The van der Waals surface area contributed by atoms with Gasteiger partial charge in [-0.1, -0.05) is 75.7 Å². The van der Waals surface area contributed by atoms with Crippen molar-refractivity contribution < 1.29 is 19.1 Å². The van der Waals surface area contributed by atoms with Crippen LogP contribution in [0.15, 0.2) is 55.1 Å². The summed E-state index contributed by atoms with van der Waals surface area (Å²) in [6.07, 6.45) is 2.41. The summed E-state index contributed by atoms with van der Waals surface area (Å²) in [5.41, 5.74) is 3.64. The van der Waals surface area contributed by atoms with E-state index >= 15 is 0 Å². The fourth-order valence-corrected chi connectivity index (χ4v) is 4.37. The smallest absolute Gasteiger partial charge is 0.408 e. The van der Waals surface area contributed by atoms with Crippen LogP contribution >= 0.6 is 0 Å². The average Bonchev–Trinajstić information content (AvgIpc) is 2.87. The molecular weight excluding hydrogens is 490 g/mol. The van der Waals surface area contributed by atoms with E-state index in [1.165, 1.54) is 4.90 Å². The molecule has 39 heavy (non-hydrogen) atoms. The number of alkyl carbamates (subject to hydrolysis) is 1. The van der Waals surface area contributed by atoms with Crippen molar-refractivity contribution in [1.29, 1.82) is 0 Å². The Labute approximate surface area is 234 Å². The number of amides is 3. The quantitative estimate of drug-likeness (QED) is 0.322. The number of rotatable bonds is 11. The van der Waals surface area contributed by atoms with Crippen LogP contribution in [0.3, 0.4) is 0 Å². The van der Waals surface area contributed by atoms with Gasteiger partial charge in [-0.15, -0.1) is 6.58 Å². The molecule has 2 rings (SSSR count). The summed E-state index contributed by atoms with van der Waals surface area (Å²) in [5.74, 6) is -0.925. The lowest BCUT2D eigenvalue weighted by Gasteiger charge is -2.35. The zero-order valence-corrected chi connectivity index (χ0v) is 24.8. The lowest BCUT2D eigenvalue weighted by Crippen LogP contribution is -2.54. The molecule has 0 spiro atoms. The summed E-state index contributed by atoms with van der Waals surface area (Å²) in [7, 11) is 0. The minimum absolute atomic E-state index is 0.113. The van der Waals surface area contributed by atoms with Crippen molar-refractivity contribution >= 4 is 23.6 Å². The molecule has 7 nitrogen and oxygen atoms in total. The number of benzene rings is 2. The molecule has 3 atom stereocenters. The number of hydrogen-bond donors (Lipinski definition) is 2. The SMILES string of the molecule is C=CCN(C(=O)C(NC(=O)OC(C)(C)C)C(C)CC)C(C(=O)Nc1c(C)cccc1C)c1ccc(CC)cc1. The molecule has 0 bridgehead atoms. The van der Waals surface area contributed by atoms with Gasteiger partial charge in [0.1, 0.15) is 17.7 Å². The number of nitrogens with one attached hydrogen (secondary N) is 2. The summed E-state index contributed by atoms with van der Waals surface area (Å²) in [5, 5.41) is 5.85. The number of aryl methyl sites for hydroxylation is 3. The highest BCUT2D eigenvalue weighted by atomic mass is 16.6. The molecule has 0 saturated carbocycles. The van der Waals surface area contributed by atoms with Gasteiger partial charge in [0.2, 0.25) is 5.91 Å². The zero-order valence-electron chi connectivity index (χ0n) is 24.8. The first kappa shape index (κ1) is 31.6. The van der Waals surface area contributed by atoms with E-state index in [2.05, 4.69) is 24.1 Å². The normalized spacial score (nSPS) is 13.5. The van der Waals surface area contributed by atoms with E-state index in [-0.39, 0.29) is 24.3 Å². The van der Waals surface area contributed by atoms with Gasteiger partial charge < -0.3 is 20.3 Å². The van der Waals surface area contributed by atoms with E-state index in [0.29, 0.717) is 17.7 Å². The maximum absolute atomic E-state index is 14.2. The van der Waals surface area contributed by atoms with Crippen LogP contribution < -0.4 is 10.6 Å². The van der Waals surface area contributed by atoms with Crippen molar-refractivity contribution in [2.75, 3.05) is 11.9 Å². The second-order valence-corrected chi connectivity index (χ2v) is 11.0. The highest BCUT2D eigenvalue weighted by molar-refractivity contribution is 6.00. The number of para-hydroxylation sites is 1. The fourth-order valence-electron chi connectivity index (χ4n) is 4.37. The highest BCUT2D eigenvalue weighted by Gasteiger charge is 2.38. The first-order valence-electron chi connectivity index (χ1n) is 13.7. The molecule has 0 heterocycles. The van der Waals surface area contributed by atoms with Crippen LogP contribution in [0, 0.1) is 19.8 Å². The van der Waals surface area contributed by atoms with Gasteiger partial charge in [0, 0.05) is 12.2 Å². The molecule has 7 heteroatoms. The molecule has 2 aromatic rings. The van der Waals surface area contributed by atoms with Crippen LogP contribution in [0.2, 0.25) is 0 Å². The predicted octanol–water partition coefficient (Wildman–Crippen LogP) is 6.50. The van der Waals surface area contributed by atoms with Gasteiger partial charge >= 0.3 is 6.09 Å². The molecule has 2 aromatic carbocycles. The standard InChI is InChI=1S/C32H45N3O4/c1-10-20-35(30(37)27(21(4)11-2)34-31(38)39-32(7,8)9)28(25-18-16-24(12-3)17-19-25)29(36)33-26-22(5)14-13-15-23(26)6/h10,13-19,21,27-28H,1,11-12,20H2,2-9H3,(H,33,36)(H,34,38). The lowest BCUT2D eigenvalue weighted by molar-refractivity contribution is -0.141. The van der Waals surface area contributed by atoms with E-state index < -0.39 is 23.8 Å². The van der Waals surface area contributed by atoms with Gasteiger partial charge in [0.15, 0.2) is 0 Å². The van der Waals surface area contributed by atoms with Gasteiger partial charge in [-0.25, -0.2) is 4.79 Å². The summed E-state index contributed by atoms with van der Waals surface area (Å²) < 4.78 is 5.46. The molecule has 0 aromatic heterocycles. The molecule has 3 unspecified atom stereocenters. The van der Waals surface area contributed by atoms with Crippen molar-refractivity contribution in [2.24, 2.45) is 5.92 Å². The van der Waals surface area contributed by atoms with E-state index in [0.717, 1.165) is 23.1 Å². The third-order valence-corrected chi connectivity index (χ3v) is 6.75. The second-order valence-electron chi connectivity index (χ2n) is 11.0. The number of nitrogens with zero attached hydrogens (tertiary/aromatic N) is 1. The van der Waals surface area contributed by atoms with Crippen molar-refractivity contribution in [2.45, 2.75) is 85.9 Å². The monoisotopic (exact) mass is 535 g/mol. The maximum Gasteiger partial charge on any atom is 0.408 e. The van der Waals surface area contributed by atoms with Crippen LogP contribution in [0.4, 0.5) is 10.5 Å². The maximum atomic E-state index is 14.2. The first-order chi connectivity index (χ1) is 18.3. The highest BCUT2D eigenvalue weighted by Crippen LogP contribution is 2.28. The Hall–Kier alpha value is -3.61. The summed E-state index contributed by atoms with van der Waals surface area (Å²) in [4.78, 5) is 42.4. The second kappa shape index (κ2) is 14.0. The van der Waals surface area contributed by atoms with Crippen LogP contribution in [0.25, 0.3) is 0 Å². The number of anilines is 1. The molecule has 0 fully saturated rings. The van der Waals surface area contributed by atoms with Crippen molar-refractivity contribution in [1.82, 2.24) is 10.2 Å². The largest absolute Gasteiger partial charge is 0.444 e. The summed E-state index contributed by atoms with van der Waals surface area (Å²) >= 11 is 0.